The molecule has 0 aromatic heterocycles. The molecule has 0 N–H and O–H groups in total. The summed E-state index contributed by atoms with van der Waals surface area (Å²) in [6.07, 6.45) is 15.7. The van der Waals surface area contributed by atoms with Crippen molar-refractivity contribution in [3.8, 4) is 0 Å². The Hall–Kier alpha value is -0.317. The van der Waals surface area contributed by atoms with Gasteiger partial charge >= 0.3 is 38.2 Å². The van der Waals surface area contributed by atoms with Crippen LogP contribution < -0.4 is 15.3 Å². The second kappa shape index (κ2) is 24.7. The Morgan fingerprint density at radius 3 is 0.757 bits per heavy atom. The molecule has 6 nitrogen and oxygen atoms in total. The van der Waals surface area contributed by atoms with Gasteiger partial charge in [-0.3, -0.25) is 0 Å². The molecule has 0 aromatic rings. The van der Waals surface area contributed by atoms with Gasteiger partial charge in [-0.05, 0) is 19.3 Å². The zero-order valence-electron chi connectivity index (χ0n) is 25.4. The molecule has 0 unspecified atom stereocenters. The summed E-state index contributed by atoms with van der Waals surface area (Å²) in [5.74, 6) is -2.79. The molecule has 0 aliphatic heterocycles. The number of hydrogen-bond donors (Lipinski definition) is 0. The Morgan fingerprint density at radius 2 is 0.622 bits per heavy atom. The van der Waals surface area contributed by atoms with Crippen LogP contribution in [0.25, 0.3) is 0 Å². The van der Waals surface area contributed by atoms with E-state index in [-0.39, 0.29) is 38.2 Å². The van der Waals surface area contributed by atoms with Crippen LogP contribution in [-0.4, -0.2) is 17.9 Å². The van der Waals surface area contributed by atoms with Crippen molar-refractivity contribution in [3.63, 3.8) is 0 Å². The summed E-state index contributed by atoms with van der Waals surface area (Å²) < 4.78 is 0. The number of carboxylic acids is 3. The number of carbonyl (C=O) groups is 3. The van der Waals surface area contributed by atoms with Crippen molar-refractivity contribution in [3.05, 3.63) is 0 Å². The Morgan fingerprint density at radius 1 is 0.432 bits per heavy atom. The minimum Gasteiger partial charge on any atom is -0.550 e. The van der Waals surface area contributed by atoms with Crippen LogP contribution in [0.5, 0.6) is 0 Å². The van der Waals surface area contributed by atoms with Crippen molar-refractivity contribution in [2.45, 2.75) is 159 Å². The van der Waals surface area contributed by atoms with Crippen LogP contribution in [0.3, 0.4) is 0 Å². The summed E-state index contributed by atoms with van der Waals surface area (Å²) in [7, 11) is 0. The molecule has 37 heavy (non-hydrogen) atoms. The molecule has 223 valence electrons. The molecule has 0 rings (SSSR count). The van der Waals surface area contributed by atoms with Gasteiger partial charge in [0.1, 0.15) is 0 Å². The van der Waals surface area contributed by atoms with E-state index in [0.717, 1.165) is 57.8 Å². The summed E-state index contributed by atoms with van der Waals surface area (Å²) in [6, 6.07) is 0. The molecule has 0 aromatic carbocycles. The van der Waals surface area contributed by atoms with Crippen molar-refractivity contribution in [1.82, 2.24) is 0 Å². The molecule has 7 heteroatoms. The number of aliphatic carboxylic acids is 3. The smallest absolute Gasteiger partial charge is 0.550 e. The molecule has 0 bridgehead atoms. The fourth-order valence-corrected chi connectivity index (χ4v) is 3.29. The Kier molecular flexibility index (Phi) is 29.2. The molecule has 0 aliphatic rings. The number of carboxylic acid groups (broad SMARTS) is 3. The van der Waals surface area contributed by atoms with Gasteiger partial charge in [0.05, 0.1) is 0 Å². The average Bonchev–Trinajstić information content (AvgIpc) is 2.78. The van der Waals surface area contributed by atoms with E-state index in [2.05, 4.69) is 20.8 Å². The van der Waals surface area contributed by atoms with E-state index in [4.69, 9.17) is 0 Å². The zero-order chi connectivity index (χ0) is 28.8. The minimum absolute atomic E-state index is 0. The van der Waals surface area contributed by atoms with E-state index in [1.54, 1.807) is 41.5 Å². The summed E-state index contributed by atoms with van der Waals surface area (Å²) in [5, 5.41) is 31.7. The van der Waals surface area contributed by atoms with Crippen molar-refractivity contribution >= 4 is 17.9 Å². The monoisotopic (exact) mass is 677 g/mol. The van der Waals surface area contributed by atoms with Gasteiger partial charge in [-0.1, -0.05) is 139 Å². The van der Waals surface area contributed by atoms with Gasteiger partial charge in [-0.2, -0.15) is 0 Å². The number of carbonyl (C=O) groups excluding carboxylic acids is 3. The first-order valence-corrected chi connectivity index (χ1v) is 14.2. The Bertz CT molecular complexity index is 504. The molecular formula is C30H57DyO6. The van der Waals surface area contributed by atoms with E-state index >= 15 is 0 Å². The van der Waals surface area contributed by atoms with Crippen LogP contribution >= 0.6 is 0 Å². The third kappa shape index (κ3) is 27.1. The fourth-order valence-electron chi connectivity index (χ4n) is 3.29. The summed E-state index contributed by atoms with van der Waals surface area (Å²) in [6.45, 7) is 16.8. The molecule has 0 heterocycles. The quantitative estimate of drug-likeness (QED) is 0.184. The molecular weight excluding hydrogens is 619 g/mol. The first kappa shape index (κ1) is 43.7. The standard InChI is InChI=1S/3C10H20O2.Dy/c3*1-4-5-6-7-8-10(2,3)9(11)12;/h3*4-8H2,1-3H3,(H,11,12);/q;;;+3/p-3. The van der Waals surface area contributed by atoms with E-state index in [9.17, 15) is 29.7 Å². The maximum absolute atomic E-state index is 10.6. The average molecular weight is 676 g/mol. The molecule has 0 saturated heterocycles. The molecule has 0 aliphatic carbocycles. The van der Waals surface area contributed by atoms with Crippen LogP contribution in [0.1, 0.15) is 159 Å². The van der Waals surface area contributed by atoms with E-state index in [0.29, 0.717) is 0 Å². The van der Waals surface area contributed by atoms with Crippen molar-refractivity contribution in [2.75, 3.05) is 0 Å². The summed E-state index contributed by atoms with van der Waals surface area (Å²) in [4.78, 5) is 31.7. The van der Waals surface area contributed by atoms with E-state index < -0.39 is 34.2 Å². The molecule has 0 atom stereocenters. The first-order chi connectivity index (χ1) is 16.5. The SMILES string of the molecule is CCCCCCC(C)(C)C(=O)[O-].CCCCCCC(C)(C)C(=O)[O-].CCCCCCC(C)(C)C(=O)[O-].[Dy+3]. The summed E-state index contributed by atoms with van der Waals surface area (Å²) >= 11 is 0. The van der Waals surface area contributed by atoms with Gasteiger partial charge in [0.2, 0.25) is 0 Å². The van der Waals surface area contributed by atoms with Crippen LogP contribution in [0, 0.1) is 54.4 Å². The third-order valence-corrected chi connectivity index (χ3v) is 6.62. The number of hydrogen-bond acceptors (Lipinski definition) is 6. The van der Waals surface area contributed by atoms with Crippen LogP contribution in [0.2, 0.25) is 0 Å². The Labute approximate surface area is 259 Å². The van der Waals surface area contributed by atoms with Crippen molar-refractivity contribution in [2.24, 2.45) is 16.2 Å². The number of rotatable bonds is 18. The van der Waals surface area contributed by atoms with Gasteiger partial charge in [-0.25, -0.2) is 0 Å². The van der Waals surface area contributed by atoms with Gasteiger partial charge < -0.3 is 29.7 Å². The van der Waals surface area contributed by atoms with Crippen LogP contribution in [0.4, 0.5) is 0 Å². The Balaban J connectivity index is -0.000000218. The number of unbranched alkanes of at least 4 members (excludes halogenated alkanes) is 9. The fraction of sp³-hybridized carbons (Fsp3) is 0.900. The van der Waals surface area contributed by atoms with Crippen LogP contribution in [0.15, 0.2) is 0 Å². The molecule has 0 spiro atoms. The predicted molar refractivity (Wildman–Crippen MR) is 143 cm³/mol. The predicted octanol–water partition coefficient (Wildman–Crippen LogP) is 5.20. The largest absolute Gasteiger partial charge is 3.00 e. The van der Waals surface area contributed by atoms with Gasteiger partial charge in [-0.15, -0.1) is 0 Å². The van der Waals surface area contributed by atoms with E-state index in [1.807, 2.05) is 0 Å². The molecule has 1 radical (unpaired) electrons. The van der Waals surface area contributed by atoms with Gasteiger partial charge in [0.15, 0.2) is 0 Å². The van der Waals surface area contributed by atoms with Crippen molar-refractivity contribution < 1.29 is 67.9 Å². The van der Waals surface area contributed by atoms with Crippen LogP contribution in [-0.2, 0) is 14.4 Å². The second-order valence-electron chi connectivity index (χ2n) is 11.9. The first-order valence-electron chi connectivity index (χ1n) is 14.2. The second-order valence-corrected chi connectivity index (χ2v) is 11.9. The van der Waals surface area contributed by atoms with E-state index in [1.165, 1.54) is 38.5 Å². The van der Waals surface area contributed by atoms with Gasteiger partial charge in [0, 0.05) is 34.2 Å². The minimum atomic E-state index is -0.931. The van der Waals surface area contributed by atoms with Gasteiger partial charge in [0.25, 0.3) is 0 Å². The molecule has 0 amide bonds. The van der Waals surface area contributed by atoms with Crippen molar-refractivity contribution in [1.29, 1.82) is 0 Å². The molecule has 0 saturated carbocycles. The maximum atomic E-state index is 10.6. The maximum Gasteiger partial charge on any atom is 3.00 e. The topological polar surface area (TPSA) is 120 Å². The normalized spacial score (nSPS) is 11.3. The molecule has 0 fully saturated rings. The zero-order valence-corrected chi connectivity index (χ0v) is 27.4. The summed E-state index contributed by atoms with van der Waals surface area (Å²) in [5.41, 5.74) is -1.94. The third-order valence-electron chi connectivity index (χ3n) is 6.62.